The zero-order valence-electron chi connectivity index (χ0n) is 18.7. The maximum Gasteiger partial charge on any atom is 0.201 e. The number of hydrogen-bond acceptors (Lipinski definition) is 1. The third kappa shape index (κ3) is 5.24. The summed E-state index contributed by atoms with van der Waals surface area (Å²) in [5.41, 5.74) is 0.325. The Balaban J connectivity index is 1.78. The van der Waals surface area contributed by atoms with Crippen molar-refractivity contribution >= 4 is 0 Å². The molecule has 5 heteroatoms. The molecule has 0 aromatic heterocycles. The van der Waals surface area contributed by atoms with Gasteiger partial charge in [-0.2, -0.15) is 4.39 Å². The molecule has 1 aliphatic rings. The molecule has 0 N–H and O–H groups in total. The Morgan fingerprint density at radius 1 is 0.806 bits per heavy atom. The predicted molar refractivity (Wildman–Crippen MR) is 116 cm³/mol. The third-order valence-corrected chi connectivity index (χ3v) is 6.63. The van der Waals surface area contributed by atoms with Crippen LogP contribution < -0.4 is 4.74 Å². The molecule has 0 radical (unpaired) electrons. The quantitative estimate of drug-likeness (QED) is 0.379. The molecule has 1 saturated carbocycles. The summed E-state index contributed by atoms with van der Waals surface area (Å²) in [5, 5.41) is 0. The molecule has 0 bridgehead atoms. The first-order valence-electron chi connectivity index (χ1n) is 11.5. The Morgan fingerprint density at radius 2 is 1.42 bits per heavy atom. The Labute approximate surface area is 182 Å². The van der Waals surface area contributed by atoms with E-state index >= 15 is 0 Å². The number of rotatable bonds is 8. The lowest BCUT2D eigenvalue weighted by molar-refractivity contribution is 0.251. The van der Waals surface area contributed by atoms with Gasteiger partial charge in [0.05, 0.1) is 6.61 Å². The average molecular weight is 437 g/mol. The van der Waals surface area contributed by atoms with Crippen molar-refractivity contribution in [1.82, 2.24) is 0 Å². The lowest BCUT2D eigenvalue weighted by Crippen LogP contribution is -2.15. The van der Waals surface area contributed by atoms with Gasteiger partial charge < -0.3 is 4.74 Å². The monoisotopic (exact) mass is 436 g/mol. The molecule has 0 unspecified atom stereocenters. The van der Waals surface area contributed by atoms with Crippen molar-refractivity contribution in [2.45, 2.75) is 72.1 Å². The van der Waals surface area contributed by atoms with Crippen molar-refractivity contribution in [3.63, 3.8) is 0 Å². The molecule has 0 heterocycles. The fraction of sp³-hybridized carbons (Fsp3) is 0.538. The summed E-state index contributed by atoms with van der Waals surface area (Å²) in [5.74, 6) is -3.42. The fourth-order valence-electron chi connectivity index (χ4n) is 4.87. The van der Waals surface area contributed by atoms with Crippen molar-refractivity contribution in [3.8, 4) is 16.9 Å². The number of aryl methyl sites for hydroxylation is 1. The van der Waals surface area contributed by atoms with Crippen molar-refractivity contribution in [2.24, 2.45) is 11.8 Å². The van der Waals surface area contributed by atoms with E-state index < -0.39 is 23.3 Å². The van der Waals surface area contributed by atoms with Gasteiger partial charge in [-0.15, -0.1) is 0 Å². The second-order valence-corrected chi connectivity index (χ2v) is 8.73. The molecule has 0 amide bonds. The van der Waals surface area contributed by atoms with Crippen LogP contribution in [-0.2, 0) is 6.42 Å². The van der Waals surface area contributed by atoms with Crippen molar-refractivity contribution in [3.05, 3.63) is 52.6 Å². The molecular weight excluding hydrogens is 404 g/mol. The first-order valence-corrected chi connectivity index (χ1v) is 11.5. The minimum Gasteiger partial charge on any atom is -0.491 e. The summed E-state index contributed by atoms with van der Waals surface area (Å²) >= 11 is 0. The minimum absolute atomic E-state index is 0.173. The smallest absolute Gasteiger partial charge is 0.201 e. The largest absolute Gasteiger partial charge is 0.491 e. The Hall–Kier alpha value is -2.04. The summed E-state index contributed by atoms with van der Waals surface area (Å²) in [6.07, 6.45) is 8.48. The summed E-state index contributed by atoms with van der Waals surface area (Å²) in [7, 11) is 0. The van der Waals surface area contributed by atoms with Crippen LogP contribution in [-0.4, -0.2) is 6.61 Å². The van der Waals surface area contributed by atoms with Gasteiger partial charge in [0, 0.05) is 11.1 Å². The van der Waals surface area contributed by atoms with Gasteiger partial charge in [-0.25, -0.2) is 13.2 Å². The molecule has 1 aliphatic carbocycles. The molecule has 3 rings (SSSR count). The van der Waals surface area contributed by atoms with Crippen LogP contribution in [0, 0.1) is 42.0 Å². The van der Waals surface area contributed by atoms with Crippen molar-refractivity contribution < 1.29 is 22.3 Å². The second kappa shape index (κ2) is 10.5. The molecule has 1 fully saturated rings. The van der Waals surface area contributed by atoms with E-state index in [1.54, 1.807) is 13.8 Å². The molecule has 170 valence electrons. The Kier molecular flexibility index (Phi) is 8.01. The van der Waals surface area contributed by atoms with E-state index in [0.29, 0.717) is 23.5 Å². The van der Waals surface area contributed by atoms with Crippen LogP contribution in [0.4, 0.5) is 17.6 Å². The summed E-state index contributed by atoms with van der Waals surface area (Å²) in [6, 6.07) is 3.89. The molecule has 2 aromatic rings. The van der Waals surface area contributed by atoms with E-state index in [1.807, 2.05) is 0 Å². The van der Waals surface area contributed by atoms with Crippen LogP contribution >= 0.6 is 0 Å². The lowest BCUT2D eigenvalue weighted by Gasteiger charge is -2.28. The van der Waals surface area contributed by atoms with Gasteiger partial charge >= 0.3 is 0 Å². The Bertz CT molecular complexity index is 901. The molecule has 1 nitrogen and oxygen atoms in total. The van der Waals surface area contributed by atoms with Gasteiger partial charge in [0.25, 0.3) is 0 Å². The number of ether oxygens (including phenoxy) is 1. The summed E-state index contributed by atoms with van der Waals surface area (Å²) in [4.78, 5) is 0. The van der Waals surface area contributed by atoms with Crippen LogP contribution in [0.25, 0.3) is 11.1 Å². The topological polar surface area (TPSA) is 9.23 Å². The Morgan fingerprint density at radius 3 is 2.03 bits per heavy atom. The highest BCUT2D eigenvalue weighted by Crippen LogP contribution is 2.37. The predicted octanol–water partition coefficient (Wildman–Crippen LogP) is 8.16. The van der Waals surface area contributed by atoms with E-state index in [4.69, 9.17) is 4.74 Å². The number of halogens is 4. The second-order valence-electron chi connectivity index (χ2n) is 8.73. The highest BCUT2D eigenvalue weighted by Gasteiger charge is 2.24. The van der Waals surface area contributed by atoms with Gasteiger partial charge in [-0.1, -0.05) is 45.4 Å². The number of benzene rings is 2. The zero-order chi connectivity index (χ0) is 22.5. The zero-order valence-corrected chi connectivity index (χ0v) is 18.7. The lowest BCUT2D eigenvalue weighted by atomic mass is 9.78. The van der Waals surface area contributed by atoms with E-state index in [-0.39, 0.29) is 23.5 Å². The molecule has 31 heavy (non-hydrogen) atoms. The molecule has 0 atom stereocenters. The number of hydrogen-bond donors (Lipinski definition) is 0. The summed E-state index contributed by atoms with van der Waals surface area (Å²) < 4.78 is 63.6. The van der Waals surface area contributed by atoms with Crippen LogP contribution in [0.5, 0.6) is 5.75 Å². The molecular formula is C26H32F4O. The summed E-state index contributed by atoms with van der Waals surface area (Å²) in [6.45, 7) is 5.73. The van der Waals surface area contributed by atoms with Crippen LogP contribution in [0.1, 0.15) is 69.9 Å². The molecule has 0 spiro atoms. The van der Waals surface area contributed by atoms with E-state index in [2.05, 4.69) is 6.92 Å². The van der Waals surface area contributed by atoms with Gasteiger partial charge in [-0.3, -0.25) is 0 Å². The molecule has 0 aliphatic heterocycles. The van der Waals surface area contributed by atoms with Crippen LogP contribution in [0.15, 0.2) is 18.2 Å². The van der Waals surface area contributed by atoms with E-state index in [0.717, 1.165) is 25.2 Å². The minimum atomic E-state index is -1.24. The van der Waals surface area contributed by atoms with Gasteiger partial charge in [0.2, 0.25) is 5.82 Å². The highest BCUT2D eigenvalue weighted by atomic mass is 19.2. The van der Waals surface area contributed by atoms with E-state index in [1.165, 1.54) is 43.9 Å². The fourth-order valence-corrected chi connectivity index (χ4v) is 4.87. The van der Waals surface area contributed by atoms with Gasteiger partial charge in [-0.05, 0) is 67.9 Å². The normalized spacial score (nSPS) is 18.9. The highest BCUT2D eigenvalue weighted by molar-refractivity contribution is 5.67. The average Bonchev–Trinajstić information content (AvgIpc) is 2.76. The van der Waals surface area contributed by atoms with E-state index in [9.17, 15) is 17.6 Å². The maximum absolute atomic E-state index is 14.9. The molecule has 0 saturated heterocycles. The van der Waals surface area contributed by atoms with Crippen LogP contribution in [0.2, 0.25) is 0 Å². The SMILES string of the molecule is CCCC1CCC(CCc2c(C)cc(-c3ccc(OCC)c(F)c3F)c(F)c2F)CC1. The standard InChI is InChI=1S/C26H32F4O/c1-4-6-17-7-9-18(10-8-17)11-12-19-16(3)15-21(25(29)23(19)27)20-13-14-22(31-5-2)26(30)24(20)28/h13-15,17-18H,4-12H2,1-3H3. The molecule has 2 aromatic carbocycles. The maximum atomic E-state index is 14.9. The van der Waals surface area contributed by atoms with Crippen LogP contribution in [0.3, 0.4) is 0 Å². The van der Waals surface area contributed by atoms with Gasteiger partial charge in [0.1, 0.15) is 0 Å². The first kappa shape index (κ1) is 23.6. The van der Waals surface area contributed by atoms with Crippen molar-refractivity contribution in [1.29, 1.82) is 0 Å². The van der Waals surface area contributed by atoms with Crippen molar-refractivity contribution in [2.75, 3.05) is 6.61 Å². The first-order chi connectivity index (χ1) is 14.9. The third-order valence-electron chi connectivity index (χ3n) is 6.63. The van der Waals surface area contributed by atoms with Gasteiger partial charge in [0.15, 0.2) is 23.2 Å².